The van der Waals surface area contributed by atoms with Crippen molar-refractivity contribution >= 4 is 0 Å². The van der Waals surface area contributed by atoms with Gasteiger partial charge in [0.15, 0.2) is 6.29 Å². The summed E-state index contributed by atoms with van der Waals surface area (Å²) in [5, 5.41) is 9.24. The number of hydrogen-bond donors (Lipinski definition) is 0. The summed E-state index contributed by atoms with van der Waals surface area (Å²) in [5.41, 5.74) is 2.82. The minimum Gasteiger partial charge on any atom is -0.441 e. The molecule has 30 heavy (non-hydrogen) atoms. The molecule has 0 saturated carbocycles. The Morgan fingerprint density at radius 1 is 1.10 bits per heavy atom. The number of nitrogens with zero attached hydrogens (tertiary/aromatic N) is 2. The van der Waals surface area contributed by atoms with E-state index in [0.717, 1.165) is 24.8 Å². The molecule has 1 unspecified atom stereocenters. The van der Waals surface area contributed by atoms with Gasteiger partial charge in [0.05, 0.1) is 24.8 Å². The average molecular weight is 408 g/mol. The minimum atomic E-state index is -0.415. The number of aryl methyl sites for hydroxylation is 1. The first-order valence-corrected chi connectivity index (χ1v) is 10.0. The lowest BCUT2D eigenvalue weighted by molar-refractivity contribution is -0.161. The van der Waals surface area contributed by atoms with Gasteiger partial charge < -0.3 is 13.9 Å². The SMILES string of the molecule is CCCCC(OCc1ccccc1C#N)OCc1nc(-c2ccc(F)cc2)oc1C. The third kappa shape index (κ3) is 5.76. The van der Waals surface area contributed by atoms with E-state index in [9.17, 15) is 9.65 Å². The van der Waals surface area contributed by atoms with Crippen molar-refractivity contribution in [1.29, 1.82) is 5.26 Å². The summed E-state index contributed by atoms with van der Waals surface area (Å²) in [5.74, 6) is 0.776. The van der Waals surface area contributed by atoms with E-state index in [-0.39, 0.29) is 12.4 Å². The van der Waals surface area contributed by atoms with Crippen LogP contribution in [0.15, 0.2) is 52.9 Å². The van der Waals surface area contributed by atoms with Gasteiger partial charge in [-0.3, -0.25) is 0 Å². The van der Waals surface area contributed by atoms with Gasteiger partial charge in [-0.1, -0.05) is 31.5 Å². The van der Waals surface area contributed by atoms with E-state index in [1.54, 1.807) is 18.2 Å². The summed E-state index contributed by atoms with van der Waals surface area (Å²) in [4.78, 5) is 4.49. The summed E-state index contributed by atoms with van der Waals surface area (Å²) in [6.07, 6.45) is 2.31. The molecule has 1 atom stereocenters. The second-order valence-electron chi connectivity index (χ2n) is 6.99. The van der Waals surface area contributed by atoms with Gasteiger partial charge in [0.1, 0.15) is 17.3 Å². The Hall–Kier alpha value is -3.01. The first-order valence-electron chi connectivity index (χ1n) is 10.0. The largest absolute Gasteiger partial charge is 0.441 e. The fourth-order valence-electron chi connectivity index (χ4n) is 2.97. The van der Waals surface area contributed by atoms with Crippen LogP contribution in [0.5, 0.6) is 0 Å². The number of oxazole rings is 1. The molecule has 0 bridgehead atoms. The van der Waals surface area contributed by atoms with E-state index in [2.05, 4.69) is 18.0 Å². The Kier molecular flexibility index (Phi) is 7.72. The molecule has 2 aromatic carbocycles. The lowest BCUT2D eigenvalue weighted by Crippen LogP contribution is -2.18. The number of unbranched alkanes of at least 4 members (excludes halogenated alkanes) is 1. The Bertz CT molecular complexity index is 992. The van der Waals surface area contributed by atoms with Gasteiger partial charge >= 0.3 is 0 Å². The molecule has 0 fully saturated rings. The molecule has 0 aliphatic rings. The first kappa shape index (κ1) is 21.7. The van der Waals surface area contributed by atoms with Crippen molar-refractivity contribution in [2.75, 3.05) is 0 Å². The highest BCUT2D eigenvalue weighted by molar-refractivity contribution is 5.53. The van der Waals surface area contributed by atoms with Crippen molar-refractivity contribution < 1.29 is 18.3 Å². The van der Waals surface area contributed by atoms with Crippen LogP contribution in [0.25, 0.3) is 11.5 Å². The Morgan fingerprint density at radius 2 is 1.83 bits per heavy atom. The molecule has 1 aromatic heterocycles. The van der Waals surface area contributed by atoms with Gasteiger partial charge in [-0.15, -0.1) is 0 Å². The number of nitriles is 1. The van der Waals surface area contributed by atoms with Gasteiger partial charge in [0.2, 0.25) is 5.89 Å². The number of rotatable bonds is 10. The second-order valence-corrected chi connectivity index (χ2v) is 6.99. The normalized spacial score (nSPS) is 11.9. The number of hydrogen-bond acceptors (Lipinski definition) is 5. The standard InChI is InChI=1S/C24H25FN2O3/c1-3-4-9-23(28-15-20-8-6-5-7-19(20)14-26)29-16-22-17(2)30-24(27-22)18-10-12-21(25)13-11-18/h5-8,10-13,23H,3-4,9,15-16H2,1-2H3. The molecule has 156 valence electrons. The molecule has 0 saturated heterocycles. The van der Waals surface area contributed by atoms with Crippen molar-refractivity contribution in [3.63, 3.8) is 0 Å². The summed E-state index contributed by atoms with van der Waals surface area (Å²) in [6, 6.07) is 15.6. The third-order valence-electron chi connectivity index (χ3n) is 4.75. The molecule has 5 nitrogen and oxygen atoms in total. The van der Waals surface area contributed by atoms with Gasteiger partial charge in [0.25, 0.3) is 0 Å². The number of aromatic nitrogens is 1. The summed E-state index contributed by atoms with van der Waals surface area (Å²) < 4.78 is 30.8. The van der Waals surface area contributed by atoms with Gasteiger partial charge in [-0.25, -0.2) is 9.37 Å². The van der Waals surface area contributed by atoms with Crippen LogP contribution in [0.3, 0.4) is 0 Å². The van der Waals surface area contributed by atoms with Crippen molar-refractivity contribution in [1.82, 2.24) is 4.98 Å². The van der Waals surface area contributed by atoms with Gasteiger partial charge in [-0.05, 0) is 55.7 Å². The molecule has 6 heteroatoms. The average Bonchev–Trinajstić information content (AvgIpc) is 3.14. The monoisotopic (exact) mass is 408 g/mol. The van der Waals surface area contributed by atoms with E-state index in [4.69, 9.17) is 13.9 Å². The van der Waals surface area contributed by atoms with E-state index < -0.39 is 6.29 Å². The molecular weight excluding hydrogens is 383 g/mol. The topological polar surface area (TPSA) is 68.3 Å². The van der Waals surface area contributed by atoms with Crippen molar-refractivity contribution in [3.8, 4) is 17.5 Å². The molecule has 3 aromatic rings. The summed E-state index contributed by atoms with van der Waals surface area (Å²) in [7, 11) is 0. The predicted octanol–water partition coefficient (Wildman–Crippen LogP) is 5.91. The van der Waals surface area contributed by atoms with Crippen molar-refractivity contribution in [2.24, 2.45) is 0 Å². The highest BCUT2D eigenvalue weighted by Crippen LogP contribution is 2.23. The molecule has 3 rings (SSSR count). The van der Waals surface area contributed by atoms with Gasteiger partial charge in [-0.2, -0.15) is 5.26 Å². The van der Waals surface area contributed by atoms with Crippen molar-refractivity contribution in [2.45, 2.75) is 52.6 Å². The Balaban J connectivity index is 1.64. The van der Waals surface area contributed by atoms with Crippen LogP contribution in [0.2, 0.25) is 0 Å². The molecule has 0 aliphatic carbocycles. The number of halogens is 1. The van der Waals surface area contributed by atoms with Crippen LogP contribution in [0.1, 0.15) is 48.8 Å². The number of benzene rings is 2. The zero-order valence-corrected chi connectivity index (χ0v) is 17.2. The van der Waals surface area contributed by atoms with E-state index in [0.29, 0.717) is 35.1 Å². The van der Waals surface area contributed by atoms with E-state index in [1.807, 2.05) is 25.1 Å². The zero-order valence-electron chi connectivity index (χ0n) is 17.2. The summed E-state index contributed by atoms with van der Waals surface area (Å²) in [6.45, 7) is 4.48. The smallest absolute Gasteiger partial charge is 0.226 e. The molecular formula is C24H25FN2O3. The third-order valence-corrected chi connectivity index (χ3v) is 4.75. The van der Waals surface area contributed by atoms with E-state index >= 15 is 0 Å². The minimum absolute atomic E-state index is 0.241. The number of ether oxygens (including phenoxy) is 2. The molecule has 0 N–H and O–H groups in total. The Labute approximate surface area is 176 Å². The van der Waals surface area contributed by atoms with Crippen LogP contribution in [0, 0.1) is 24.1 Å². The van der Waals surface area contributed by atoms with Crippen LogP contribution in [-0.4, -0.2) is 11.3 Å². The maximum Gasteiger partial charge on any atom is 0.226 e. The Morgan fingerprint density at radius 3 is 2.57 bits per heavy atom. The van der Waals surface area contributed by atoms with Crippen LogP contribution in [0.4, 0.5) is 4.39 Å². The van der Waals surface area contributed by atoms with Gasteiger partial charge in [0, 0.05) is 5.56 Å². The molecule has 0 radical (unpaired) electrons. The van der Waals surface area contributed by atoms with Crippen LogP contribution >= 0.6 is 0 Å². The lowest BCUT2D eigenvalue weighted by atomic mass is 10.1. The maximum atomic E-state index is 13.1. The summed E-state index contributed by atoms with van der Waals surface area (Å²) >= 11 is 0. The van der Waals surface area contributed by atoms with Crippen LogP contribution < -0.4 is 0 Å². The highest BCUT2D eigenvalue weighted by Gasteiger charge is 2.16. The van der Waals surface area contributed by atoms with Crippen LogP contribution in [-0.2, 0) is 22.7 Å². The maximum absolute atomic E-state index is 13.1. The molecule has 0 aliphatic heterocycles. The van der Waals surface area contributed by atoms with Crippen molar-refractivity contribution in [3.05, 3.63) is 76.9 Å². The highest BCUT2D eigenvalue weighted by atomic mass is 19.1. The lowest BCUT2D eigenvalue weighted by Gasteiger charge is -2.18. The first-order chi connectivity index (χ1) is 14.6. The molecule has 0 amide bonds. The predicted molar refractivity (Wildman–Crippen MR) is 111 cm³/mol. The second kappa shape index (κ2) is 10.7. The fraction of sp³-hybridized carbons (Fsp3) is 0.333. The zero-order chi connectivity index (χ0) is 21.3. The fourth-order valence-corrected chi connectivity index (χ4v) is 2.97. The van der Waals surface area contributed by atoms with E-state index in [1.165, 1.54) is 12.1 Å². The quantitative estimate of drug-likeness (QED) is 0.390. The molecule has 1 heterocycles. The molecule has 0 spiro atoms.